The maximum Gasteiger partial charge on any atom is 0.418 e. The topological polar surface area (TPSA) is 72.9 Å². The van der Waals surface area contributed by atoms with Gasteiger partial charge in [0.05, 0.1) is 18.7 Å². The van der Waals surface area contributed by atoms with Gasteiger partial charge in [-0.3, -0.25) is 4.79 Å². The van der Waals surface area contributed by atoms with Crippen molar-refractivity contribution in [2.24, 2.45) is 0 Å². The van der Waals surface area contributed by atoms with Gasteiger partial charge in [-0.25, -0.2) is 14.5 Å². The Hall–Kier alpha value is -2.08. The summed E-state index contributed by atoms with van der Waals surface area (Å²) in [5.41, 5.74) is -0.367. The lowest BCUT2D eigenvalue weighted by atomic mass is 10.1. The molecule has 0 aromatic heterocycles. The lowest BCUT2D eigenvalue weighted by molar-refractivity contribution is -0.134. The van der Waals surface area contributed by atoms with Gasteiger partial charge in [0.25, 0.3) is 5.91 Å². The molecule has 2 amide bonds. The normalized spacial score (nSPS) is 15.2. The van der Waals surface area contributed by atoms with Gasteiger partial charge in [0, 0.05) is 5.02 Å². The van der Waals surface area contributed by atoms with Crippen molar-refractivity contribution in [1.82, 2.24) is 4.90 Å². The summed E-state index contributed by atoms with van der Waals surface area (Å²) < 4.78 is 10.5. The van der Waals surface area contributed by atoms with Gasteiger partial charge in [-0.15, -0.1) is 0 Å². The summed E-state index contributed by atoms with van der Waals surface area (Å²) in [5, 5.41) is 0.363. The molecular formula is C25H36ClNO5. The standard InChI is InChI=1S/C25H36ClNO5/c1-4-5-6-7-8-9-10-11-12-13-16-31-22(28)19-14-15-21(26)20(17-19)18-27-23(29)25(2,3)32-24(27)30/h14-15,17H,4-13,16,18H2,1-3H3. The van der Waals surface area contributed by atoms with Gasteiger partial charge in [-0.05, 0) is 44.0 Å². The number of rotatable bonds is 14. The quantitative estimate of drug-likeness (QED) is 0.226. The molecule has 0 unspecified atom stereocenters. The summed E-state index contributed by atoms with van der Waals surface area (Å²) in [6, 6.07) is 4.72. The predicted octanol–water partition coefficient (Wildman–Crippen LogP) is 6.68. The van der Waals surface area contributed by atoms with Gasteiger partial charge in [-0.2, -0.15) is 0 Å². The highest BCUT2D eigenvalue weighted by atomic mass is 35.5. The Balaban J connectivity index is 1.73. The molecule has 0 saturated carbocycles. The number of halogens is 1. The first-order chi connectivity index (χ1) is 15.3. The lowest BCUT2D eigenvalue weighted by Crippen LogP contribution is -2.35. The largest absolute Gasteiger partial charge is 0.462 e. The zero-order chi connectivity index (χ0) is 23.6. The minimum absolute atomic E-state index is 0.0561. The molecule has 0 bridgehead atoms. The van der Waals surface area contributed by atoms with E-state index in [1.54, 1.807) is 18.2 Å². The predicted molar refractivity (Wildman–Crippen MR) is 125 cm³/mol. The highest BCUT2D eigenvalue weighted by Crippen LogP contribution is 2.27. The van der Waals surface area contributed by atoms with Crippen LogP contribution in [0.2, 0.25) is 5.02 Å². The number of amides is 2. The van der Waals surface area contributed by atoms with Crippen LogP contribution >= 0.6 is 11.6 Å². The Morgan fingerprint density at radius 1 is 1.00 bits per heavy atom. The molecule has 1 aromatic rings. The van der Waals surface area contributed by atoms with Gasteiger partial charge in [0.2, 0.25) is 0 Å². The van der Waals surface area contributed by atoms with Crippen LogP contribution in [0.4, 0.5) is 4.79 Å². The van der Waals surface area contributed by atoms with Crippen molar-refractivity contribution in [2.45, 2.75) is 97.1 Å². The summed E-state index contributed by atoms with van der Waals surface area (Å²) in [6.45, 7) is 5.62. The summed E-state index contributed by atoms with van der Waals surface area (Å²) in [5.74, 6) is -0.873. The number of imide groups is 1. The molecule has 1 saturated heterocycles. The van der Waals surface area contributed by atoms with Crippen LogP contribution in [-0.4, -0.2) is 35.1 Å². The van der Waals surface area contributed by atoms with Gasteiger partial charge in [-0.1, -0.05) is 76.3 Å². The molecule has 7 heteroatoms. The van der Waals surface area contributed by atoms with E-state index in [1.165, 1.54) is 58.8 Å². The van der Waals surface area contributed by atoms with E-state index < -0.39 is 23.6 Å². The molecule has 1 aromatic carbocycles. The number of nitrogens with zero attached hydrogens (tertiary/aromatic N) is 1. The molecule has 0 spiro atoms. The lowest BCUT2D eigenvalue weighted by Gasteiger charge is -2.15. The zero-order valence-electron chi connectivity index (χ0n) is 19.6. The van der Waals surface area contributed by atoms with E-state index in [0.717, 1.165) is 24.2 Å². The summed E-state index contributed by atoms with van der Waals surface area (Å²) in [6.07, 6.45) is 11.4. The highest BCUT2D eigenvalue weighted by Gasteiger charge is 2.47. The maximum atomic E-state index is 12.4. The number of ether oxygens (including phenoxy) is 2. The Bertz CT molecular complexity index is 793. The van der Waals surface area contributed by atoms with Crippen LogP contribution in [0.3, 0.4) is 0 Å². The number of esters is 1. The fraction of sp³-hybridized carbons (Fsp3) is 0.640. The van der Waals surface area contributed by atoms with E-state index in [1.807, 2.05) is 0 Å². The average molecular weight is 466 g/mol. The minimum Gasteiger partial charge on any atom is -0.462 e. The molecule has 0 N–H and O–H groups in total. The van der Waals surface area contributed by atoms with E-state index in [0.29, 0.717) is 22.8 Å². The van der Waals surface area contributed by atoms with E-state index >= 15 is 0 Å². The Kier molecular flexibility index (Phi) is 10.5. The molecule has 0 aliphatic carbocycles. The monoisotopic (exact) mass is 465 g/mol. The molecule has 1 aliphatic heterocycles. The van der Waals surface area contributed by atoms with Crippen LogP contribution in [-0.2, 0) is 20.8 Å². The van der Waals surface area contributed by atoms with Crippen LogP contribution in [0.25, 0.3) is 0 Å². The number of hydrogen-bond acceptors (Lipinski definition) is 5. The molecule has 0 radical (unpaired) electrons. The molecule has 1 heterocycles. The molecule has 32 heavy (non-hydrogen) atoms. The first kappa shape index (κ1) is 26.2. The highest BCUT2D eigenvalue weighted by molar-refractivity contribution is 6.31. The molecule has 0 atom stereocenters. The van der Waals surface area contributed by atoms with Gasteiger partial charge in [0.15, 0.2) is 5.60 Å². The maximum absolute atomic E-state index is 12.4. The molecule has 1 fully saturated rings. The Morgan fingerprint density at radius 3 is 2.16 bits per heavy atom. The molecule has 178 valence electrons. The fourth-order valence-electron chi connectivity index (χ4n) is 3.69. The second-order valence-corrected chi connectivity index (χ2v) is 9.30. The summed E-state index contributed by atoms with van der Waals surface area (Å²) in [4.78, 5) is 37.8. The summed E-state index contributed by atoms with van der Waals surface area (Å²) >= 11 is 6.23. The third-order valence-electron chi connectivity index (χ3n) is 5.66. The van der Waals surface area contributed by atoms with Crippen molar-refractivity contribution < 1.29 is 23.9 Å². The third-order valence-corrected chi connectivity index (χ3v) is 6.03. The number of carbonyl (C=O) groups excluding carboxylic acids is 3. The average Bonchev–Trinajstić information content (AvgIpc) is 2.94. The molecule has 2 rings (SSSR count). The SMILES string of the molecule is CCCCCCCCCCCCOC(=O)c1ccc(Cl)c(CN2C(=O)OC(C)(C)C2=O)c1. The second-order valence-electron chi connectivity index (χ2n) is 8.89. The van der Waals surface area contributed by atoms with Gasteiger partial charge < -0.3 is 9.47 Å². The number of unbranched alkanes of at least 4 members (excludes halogenated alkanes) is 9. The van der Waals surface area contributed by atoms with Crippen molar-refractivity contribution in [3.63, 3.8) is 0 Å². The number of carbonyl (C=O) groups is 3. The van der Waals surface area contributed by atoms with E-state index in [2.05, 4.69) is 6.92 Å². The van der Waals surface area contributed by atoms with Crippen LogP contribution in [0, 0.1) is 0 Å². The first-order valence-corrected chi connectivity index (χ1v) is 12.1. The fourth-order valence-corrected chi connectivity index (χ4v) is 3.87. The van der Waals surface area contributed by atoms with Gasteiger partial charge in [0.1, 0.15) is 0 Å². The van der Waals surface area contributed by atoms with E-state index in [9.17, 15) is 14.4 Å². The number of hydrogen-bond donors (Lipinski definition) is 0. The van der Waals surface area contributed by atoms with Crippen molar-refractivity contribution >= 4 is 29.6 Å². The number of benzene rings is 1. The smallest absolute Gasteiger partial charge is 0.418 e. The van der Waals surface area contributed by atoms with Crippen LogP contribution < -0.4 is 0 Å². The van der Waals surface area contributed by atoms with Crippen LogP contribution in [0.5, 0.6) is 0 Å². The van der Waals surface area contributed by atoms with Crippen molar-refractivity contribution in [3.8, 4) is 0 Å². The van der Waals surface area contributed by atoms with Crippen molar-refractivity contribution in [2.75, 3.05) is 6.61 Å². The Morgan fingerprint density at radius 2 is 1.59 bits per heavy atom. The second kappa shape index (κ2) is 12.8. The molecule has 6 nitrogen and oxygen atoms in total. The van der Waals surface area contributed by atoms with Crippen molar-refractivity contribution in [1.29, 1.82) is 0 Å². The van der Waals surface area contributed by atoms with E-state index in [4.69, 9.17) is 21.1 Å². The zero-order valence-corrected chi connectivity index (χ0v) is 20.3. The van der Waals surface area contributed by atoms with Crippen LogP contribution in [0.1, 0.15) is 101 Å². The third kappa shape index (κ3) is 7.80. The van der Waals surface area contributed by atoms with E-state index in [-0.39, 0.29) is 6.54 Å². The molecular weight excluding hydrogens is 430 g/mol. The number of cyclic esters (lactones) is 1. The first-order valence-electron chi connectivity index (χ1n) is 11.8. The van der Waals surface area contributed by atoms with Gasteiger partial charge >= 0.3 is 12.1 Å². The molecule has 1 aliphatic rings. The summed E-state index contributed by atoms with van der Waals surface area (Å²) in [7, 11) is 0. The van der Waals surface area contributed by atoms with Crippen LogP contribution in [0.15, 0.2) is 18.2 Å². The van der Waals surface area contributed by atoms with Crippen molar-refractivity contribution in [3.05, 3.63) is 34.3 Å². The minimum atomic E-state index is -1.20. The Labute approximate surface area is 196 Å².